The molecule has 2 atom stereocenters. The van der Waals surface area contributed by atoms with Gasteiger partial charge in [-0.05, 0) is 44.4 Å². The van der Waals surface area contributed by atoms with Crippen LogP contribution in [0.2, 0.25) is 0 Å². The van der Waals surface area contributed by atoms with Crippen LogP contribution in [0.25, 0.3) is 0 Å². The Morgan fingerprint density at radius 3 is 2.83 bits per heavy atom. The second kappa shape index (κ2) is 4.93. The summed E-state index contributed by atoms with van der Waals surface area (Å²) in [4.78, 5) is 0. The second-order valence-electron chi connectivity index (χ2n) is 6.42. The van der Waals surface area contributed by atoms with Crippen molar-refractivity contribution in [1.82, 2.24) is 4.57 Å². The standard InChI is InChI=1S/C15H25NOS/c1-10-6-12-13(16(10)11(2)9-18-5)7-15(3,4)8-14(12)17/h6,11,14,17H,7-9H2,1-5H3. The first kappa shape index (κ1) is 14.0. The first-order valence-corrected chi connectivity index (χ1v) is 8.12. The first-order chi connectivity index (χ1) is 8.35. The molecule has 102 valence electrons. The Morgan fingerprint density at radius 1 is 1.56 bits per heavy atom. The molecule has 2 nitrogen and oxygen atoms in total. The van der Waals surface area contributed by atoms with E-state index in [1.165, 1.54) is 17.0 Å². The number of hydrogen-bond acceptors (Lipinski definition) is 2. The summed E-state index contributed by atoms with van der Waals surface area (Å²) in [6.45, 7) is 8.95. The highest BCUT2D eigenvalue weighted by Crippen LogP contribution is 2.42. The molecule has 0 saturated heterocycles. The number of aliphatic hydroxyl groups excluding tert-OH is 1. The molecule has 3 heteroatoms. The zero-order valence-corrected chi connectivity index (χ0v) is 13.0. The summed E-state index contributed by atoms with van der Waals surface area (Å²) in [5.74, 6) is 1.12. The fourth-order valence-corrected chi connectivity index (χ4v) is 3.93. The average molecular weight is 267 g/mol. The fraction of sp³-hybridized carbons (Fsp3) is 0.733. The highest BCUT2D eigenvalue weighted by molar-refractivity contribution is 7.98. The van der Waals surface area contributed by atoms with E-state index in [0.717, 1.165) is 18.6 Å². The Bertz CT molecular complexity index is 436. The van der Waals surface area contributed by atoms with Gasteiger partial charge >= 0.3 is 0 Å². The number of aryl methyl sites for hydroxylation is 1. The van der Waals surface area contributed by atoms with Crippen molar-refractivity contribution in [1.29, 1.82) is 0 Å². The minimum absolute atomic E-state index is 0.202. The van der Waals surface area contributed by atoms with Crippen LogP contribution in [0.4, 0.5) is 0 Å². The Morgan fingerprint density at radius 2 is 2.22 bits per heavy atom. The summed E-state index contributed by atoms with van der Waals surface area (Å²) in [6, 6.07) is 2.69. The van der Waals surface area contributed by atoms with E-state index < -0.39 is 0 Å². The quantitative estimate of drug-likeness (QED) is 0.903. The van der Waals surface area contributed by atoms with E-state index in [4.69, 9.17) is 0 Å². The smallest absolute Gasteiger partial charge is 0.0812 e. The first-order valence-electron chi connectivity index (χ1n) is 6.73. The van der Waals surface area contributed by atoms with Crippen molar-refractivity contribution >= 4 is 11.8 Å². The van der Waals surface area contributed by atoms with Gasteiger partial charge in [0.25, 0.3) is 0 Å². The maximum Gasteiger partial charge on any atom is 0.0812 e. The zero-order chi connectivity index (χ0) is 13.5. The minimum atomic E-state index is -0.287. The van der Waals surface area contributed by atoms with Crippen LogP contribution in [0, 0.1) is 12.3 Å². The largest absolute Gasteiger partial charge is 0.388 e. The molecule has 1 aromatic rings. The number of nitrogens with zero attached hydrogens (tertiary/aromatic N) is 1. The fourth-order valence-electron chi connectivity index (χ4n) is 3.29. The van der Waals surface area contributed by atoms with E-state index in [9.17, 15) is 5.11 Å². The monoisotopic (exact) mass is 267 g/mol. The molecule has 0 fully saturated rings. The predicted octanol–water partition coefficient (Wildman–Crippen LogP) is 3.73. The van der Waals surface area contributed by atoms with Crippen molar-refractivity contribution in [3.05, 3.63) is 23.0 Å². The van der Waals surface area contributed by atoms with Crippen LogP contribution in [0.1, 0.15) is 56.3 Å². The van der Waals surface area contributed by atoms with Gasteiger partial charge in [0.05, 0.1) is 6.10 Å². The van der Waals surface area contributed by atoms with Crippen LogP contribution >= 0.6 is 11.8 Å². The van der Waals surface area contributed by atoms with Crippen LogP contribution in [0.15, 0.2) is 6.07 Å². The normalized spacial score (nSPS) is 23.8. The second-order valence-corrected chi connectivity index (χ2v) is 7.33. The van der Waals surface area contributed by atoms with E-state index in [0.29, 0.717) is 6.04 Å². The summed E-state index contributed by atoms with van der Waals surface area (Å²) >= 11 is 1.88. The van der Waals surface area contributed by atoms with Crippen molar-refractivity contribution in [3.63, 3.8) is 0 Å². The van der Waals surface area contributed by atoms with Gasteiger partial charge < -0.3 is 9.67 Å². The molecular weight excluding hydrogens is 242 g/mol. The third kappa shape index (κ3) is 2.48. The Kier molecular flexibility index (Phi) is 3.84. The Balaban J connectivity index is 2.44. The topological polar surface area (TPSA) is 25.2 Å². The molecule has 0 radical (unpaired) electrons. The van der Waals surface area contributed by atoms with Crippen molar-refractivity contribution in [2.24, 2.45) is 5.41 Å². The van der Waals surface area contributed by atoms with E-state index >= 15 is 0 Å². The molecule has 1 heterocycles. The molecule has 18 heavy (non-hydrogen) atoms. The van der Waals surface area contributed by atoms with Gasteiger partial charge in [-0.3, -0.25) is 0 Å². The van der Waals surface area contributed by atoms with Gasteiger partial charge in [-0.2, -0.15) is 11.8 Å². The molecule has 1 aliphatic rings. The lowest BCUT2D eigenvalue weighted by molar-refractivity contribution is 0.0977. The SMILES string of the molecule is CSCC(C)n1c(C)cc2c1CC(C)(C)CC2O. The third-order valence-corrected chi connectivity index (χ3v) is 4.78. The van der Waals surface area contributed by atoms with Gasteiger partial charge in [-0.25, -0.2) is 0 Å². The number of hydrogen-bond donors (Lipinski definition) is 1. The van der Waals surface area contributed by atoms with Crippen molar-refractivity contribution in [2.45, 2.75) is 52.7 Å². The predicted molar refractivity (Wildman–Crippen MR) is 79.3 cm³/mol. The zero-order valence-electron chi connectivity index (χ0n) is 12.2. The van der Waals surface area contributed by atoms with Crippen LogP contribution in [-0.4, -0.2) is 21.7 Å². The minimum Gasteiger partial charge on any atom is -0.388 e. The lowest BCUT2D eigenvalue weighted by Gasteiger charge is -2.35. The van der Waals surface area contributed by atoms with Gasteiger partial charge in [0.15, 0.2) is 0 Å². The molecule has 0 aromatic carbocycles. The maximum absolute atomic E-state index is 10.3. The van der Waals surface area contributed by atoms with Crippen LogP contribution in [0.3, 0.4) is 0 Å². The third-order valence-electron chi connectivity index (χ3n) is 3.97. The van der Waals surface area contributed by atoms with E-state index in [2.05, 4.69) is 44.6 Å². The molecule has 2 unspecified atom stereocenters. The van der Waals surface area contributed by atoms with Crippen molar-refractivity contribution < 1.29 is 5.11 Å². The Hall–Kier alpha value is -0.410. The highest BCUT2D eigenvalue weighted by Gasteiger charge is 2.34. The highest BCUT2D eigenvalue weighted by atomic mass is 32.2. The number of rotatable bonds is 3. The van der Waals surface area contributed by atoms with Crippen molar-refractivity contribution in [2.75, 3.05) is 12.0 Å². The lowest BCUT2D eigenvalue weighted by atomic mass is 9.75. The van der Waals surface area contributed by atoms with Gasteiger partial charge in [0.1, 0.15) is 0 Å². The van der Waals surface area contributed by atoms with E-state index in [1.54, 1.807) is 0 Å². The Labute approximate surface area is 115 Å². The summed E-state index contributed by atoms with van der Waals surface area (Å²) < 4.78 is 2.44. The molecule has 1 aliphatic carbocycles. The number of fused-ring (bicyclic) bond motifs is 1. The summed E-state index contributed by atoms with van der Waals surface area (Å²) in [7, 11) is 0. The van der Waals surface area contributed by atoms with Gasteiger partial charge in [-0.15, -0.1) is 0 Å². The number of thioether (sulfide) groups is 1. The van der Waals surface area contributed by atoms with Gasteiger partial charge in [0.2, 0.25) is 0 Å². The van der Waals surface area contributed by atoms with Crippen LogP contribution in [-0.2, 0) is 6.42 Å². The van der Waals surface area contributed by atoms with E-state index in [1.807, 2.05) is 11.8 Å². The van der Waals surface area contributed by atoms with Crippen LogP contribution in [0.5, 0.6) is 0 Å². The lowest BCUT2D eigenvalue weighted by Crippen LogP contribution is -2.27. The number of aromatic nitrogens is 1. The van der Waals surface area contributed by atoms with Gasteiger partial charge in [-0.1, -0.05) is 13.8 Å². The molecule has 0 bridgehead atoms. The molecule has 1 aromatic heterocycles. The molecule has 2 rings (SSSR count). The van der Waals surface area contributed by atoms with Crippen LogP contribution < -0.4 is 0 Å². The molecule has 0 saturated carbocycles. The summed E-state index contributed by atoms with van der Waals surface area (Å²) in [5, 5.41) is 10.3. The van der Waals surface area contributed by atoms with Gasteiger partial charge in [0, 0.05) is 28.7 Å². The van der Waals surface area contributed by atoms with E-state index in [-0.39, 0.29) is 11.5 Å². The van der Waals surface area contributed by atoms with Crippen molar-refractivity contribution in [3.8, 4) is 0 Å². The number of aliphatic hydroxyl groups is 1. The molecule has 0 spiro atoms. The molecule has 0 amide bonds. The molecule has 1 N–H and O–H groups in total. The summed E-state index contributed by atoms with van der Waals surface area (Å²) in [5.41, 5.74) is 4.02. The maximum atomic E-state index is 10.3. The summed E-state index contributed by atoms with van der Waals surface area (Å²) in [6.07, 6.45) is 3.82. The molecule has 0 aliphatic heterocycles. The molecular formula is C15H25NOS. The average Bonchev–Trinajstić information content (AvgIpc) is 2.53.